The Hall–Kier alpha value is -1.13. The Morgan fingerprint density at radius 1 is 1.32 bits per heavy atom. The maximum absolute atomic E-state index is 12.4. The summed E-state index contributed by atoms with van der Waals surface area (Å²) in [7, 11) is -3.53. The Balaban J connectivity index is 2.33. The quantitative estimate of drug-likeness (QED) is 0.890. The molecule has 0 amide bonds. The number of nitrogens with one attached hydrogen (secondary N) is 1. The summed E-state index contributed by atoms with van der Waals surface area (Å²) in [6.07, 6.45) is 0.781. The second-order valence-corrected chi connectivity index (χ2v) is 6.61. The van der Waals surface area contributed by atoms with Crippen molar-refractivity contribution in [2.24, 2.45) is 0 Å². The molecule has 0 aromatic heterocycles. The van der Waals surface area contributed by atoms with Gasteiger partial charge < -0.3 is 5.32 Å². The minimum Gasteiger partial charge on any atom is -0.315 e. The number of benzene rings is 1. The molecule has 1 heterocycles. The highest BCUT2D eigenvalue weighted by atomic mass is 35.5. The van der Waals surface area contributed by atoms with Gasteiger partial charge in [0.25, 0.3) is 0 Å². The van der Waals surface area contributed by atoms with Crippen LogP contribution in [-0.2, 0) is 10.0 Å². The fraction of sp³-hybridized carbons (Fsp3) is 0.417. The Kier molecular flexibility index (Phi) is 4.42. The highest BCUT2D eigenvalue weighted by Crippen LogP contribution is 2.23. The smallest absolute Gasteiger partial charge is 0.243 e. The van der Waals surface area contributed by atoms with Gasteiger partial charge in [0.05, 0.1) is 15.5 Å². The normalized spacial score (nSPS) is 17.7. The molecule has 0 spiro atoms. The SMILES string of the molecule is N#Cc1ccc(S(=O)(=O)N2CCCNCC2)cc1Cl. The van der Waals surface area contributed by atoms with E-state index in [-0.39, 0.29) is 15.5 Å². The third-order valence-corrected chi connectivity index (χ3v) is 5.21. The summed E-state index contributed by atoms with van der Waals surface area (Å²) in [6.45, 7) is 2.40. The van der Waals surface area contributed by atoms with Crippen LogP contribution in [0.5, 0.6) is 0 Å². The van der Waals surface area contributed by atoms with E-state index in [1.54, 1.807) is 0 Å². The first kappa shape index (κ1) is 14.3. The van der Waals surface area contributed by atoms with E-state index in [2.05, 4.69) is 5.32 Å². The summed E-state index contributed by atoms with van der Waals surface area (Å²) in [5.74, 6) is 0. The van der Waals surface area contributed by atoms with Gasteiger partial charge in [-0.15, -0.1) is 0 Å². The van der Waals surface area contributed by atoms with E-state index in [1.165, 1.54) is 22.5 Å². The first-order valence-electron chi connectivity index (χ1n) is 5.96. The average Bonchev–Trinajstić information content (AvgIpc) is 2.67. The summed E-state index contributed by atoms with van der Waals surface area (Å²) >= 11 is 5.89. The van der Waals surface area contributed by atoms with Crippen LogP contribution in [0.1, 0.15) is 12.0 Å². The average molecular weight is 300 g/mol. The van der Waals surface area contributed by atoms with Crippen molar-refractivity contribution in [3.63, 3.8) is 0 Å². The Morgan fingerprint density at radius 3 is 2.79 bits per heavy atom. The minimum atomic E-state index is -3.53. The van der Waals surface area contributed by atoms with Crippen LogP contribution in [-0.4, -0.2) is 38.9 Å². The van der Waals surface area contributed by atoms with Crippen molar-refractivity contribution in [3.05, 3.63) is 28.8 Å². The van der Waals surface area contributed by atoms with Gasteiger partial charge in [-0.1, -0.05) is 11.6 Å². The summed E-state index contributed by atoms with van der Waals surface area (Å²) < 4.78 is 26.3. The van der Waals surface area contributed by atoms with Crippen LogP contribution in [0.25, 0.3) is 0 Å². The van der Waals surface area contributed by atoms with Crippen LogP contribution in [0.4, 0.5) is 0 Å². The molecule has 1 N–H and O–H groups in total. The molecule has 1 aromatic rings. The van der Waals surface area contributed by atoms with Gasteiger partial charge in [-0.05, 0) is 31.2 Å². The van der Waals surface area contributed by atoms with E-state index in [0.29, 0.717) is 19.6 Å². The van der Waals surface area contributed by atoms with Crippen LogP contribution < -0.4 is 5.32 Å². The molecule has 0 bridgehead atoms. The maximum atomic E-state index is 12.4. The molecular weight excluding hydrogens is 286 g/mol. The molecule has 1 aromatic carbocycles. The van der Waals surface area contributed by atoms with Gasteiger partial charge in [0.2, 0.25) is 10.0 Å². The van der Waals surface area contributed by atoms with E-state index >= 15 is 0 Å². The van der Waals surface area contributed by atoms with Gasteiger partial charge in [-0.2, -0.15) is 9.57 Å². The van der Waals surface area contributed by atoms with Crippen molar-refractivity contribution in [2.45, 2.75) is 11.3 Å². The van der Waals surface area contributed by atoms with Crippen LogP contribution in [0.3, 0.4) is 0 Å². The number of nitrogens with zero attached hydrogens (tertiary/aromatic N) is 2. The lowest BCUT2D eigenvalue weighted by atomic mass is 10.2. The van der Waals surface area contributed by atoms with E-state index in [4.69, 9.17) is 16.9 Å². The molecule has 102 valence electrons. The van der Waals surface area contributed by atoms with Crippen LogP contribution in [0.15, 0.2) is 23.1 Å². The number of sulfonamides is 1. The lowest BCUT2D eigenvalue weighted by Crippen LogP contribution is -2.34. The van der Waals surface area contributed by atoms with E-state index in [9.17, 15) is 8.42 Å². The van der Waals surface area contributed by atoms with Crippen LogP contribution in [0.2, 0.25) is 5.02 Å². The van der Waals surface area contributed by atoms with Crippen LogP contribution >= 0.6 is 11.6 Å². The molecular formula is C12H14ClN3O2S. The van der Waals surface area contributed by atoms with Gasteiger partial charge in [0.1, 0.15) is 6.07 Å². The molecule has 7 heteroatoms. The Labute approximate surface area is 117 Å². The molecule has 1 aliphatic heterocycles. The Bertz CT molecular complexity index is 602. The van der Waals surface area contributed by atoms with Gasteiger partial charge in [0.15, 0.2) is 0 Å². The van der Waals surface area contributed by atoms with Crippen LogP contribution in [0, 0.1) is 11.3 Å². The molecule has 0 aliphatic carbocycles. The molecule has 0 saturated carbocycles. The third kappa shape index (κ3) is 3.07. The summed E-state index contributed by atoms with van der Waals surface area (Å²) in [5, 5.41) is 12.1. The van der Waals surface area contributed by atoms with Crippen molar-refractivity contribution in [2.75, 3.05) is 26.2 Å². The monoisotopic (exact) mass is 299 g/mol. The van der Waals surface area contributed by atoms with Gasteiger partial charge in [-0.3, -0.25) is 0 Å². The maximum Gasteiger partial charge on any atom is 0.243 e. The first-order valence-corrected chi connectivity index (χ1v) is 7.78. The summed E-state index contributed by atoms with van der Waals surface area (Å²) in [5.41, 5.74) is 0.276. The van der Waals surface area contributed by atoms with Gasteiger partial charge in [-0.25, -0.2) is 8.42 Å². The van der Waals surface area contributed by atoms with Crippen molar-refractivity contribution >= 4 is 21.6 Å². The number of nitriles is 1. The lowest BCUT2D eigenvalue weighted by molar-refractivity contribution is 0.432. The van der Waals surface area contributed by atoms with Crippen molar-refractivity contribution in [1.29, 1.82) is 5.26 Å². The molecule has 0 unspecified atom stereocenters. The highest BCUT2D eigenvalue weighted by Gasteiger charge is 2.25. The second kappa shape index (κ2) is 5.88. The van der Waals surface area contributed by atoms with E-state index in [0.717, 1.165) is 13.0 Å². The standard InChI is InChI=1S/C12H14ClN3O2S/c13-12-8-11(3-2-10(12)9-14)19(17,18)16-6-1-4-15-5-7-16/h2-3,8,15H,1,4-7H2. The number of hydrogen-bond acceptors (Lipinski definition) is 4. The molecule has 19 heavy (non-hydrogen) atoms. The largest absolute Gasteiger partial charge is 0.315 e. The predicted octanol–water partition coefficient (Wildman–Crippen LogP) is 1.20. The highest BCUT2D eigenvalue weighted by molar-refractivity contribution is 7.89. The van der Waals surface area contributed by atoms with Crippen molar-refractivity contribution < 1.29 is 8.42 Å². The van der Waals surface area contributed by atoms with Gasteiger partial charge in [0, 0.05) is 19.6 Å². The molecule has 0 atom stereocenters. The number of halogens is 1. The lowest BCUT2D eigenvalue weighted by Gasteiger charge is -2.19. The molecule has 0 radical (unpaired) electrons. The molecule has 5 nitrogen and oxygen atoms in total. The zero-order valence-corrected chi connectivity index (χ0v) is 11.8. The summed E-state index contributed by atoms with van der Waals surface area (Å²) in [6, 6.07) is 6.12. The predicted molar refractivity (Wildman–Crippen MR) is 72.4 cm³/mol. The van der Waals surface area contributed by atoms with E-state index < -0.39 is 10.0 Å². The molecule has 1 fully saturated rings. The zero-order chi connectivity index (χ0) is 13.9. The topological polar surface area (TPSA) is 73.2 Å². The summed E-state index contributed by atoms with van der Waals surface area (Å²) in [4.78, 5) is 0.137. The van der Waals surface area contributed by atoms with Crippen molar-refractivity contribution in [1.82, 2.24) is 9.62 Å². The molecule has 2 rings (SSSR count). The minimum absolute atomic E-state index is 0.137. The second-order valence-electron chi connectivity index (χ2n) is 4.26. The molecule has 1 aliphatic rings. The zero-order valence-electron chi connectivity index (χ0n) is 10.3. The number of rotatable bonds is 2. The van der Waals surface area contributed by atoms with Crippen molar-refractivity contribution in [3.8, 4) is 6.07 Å². The fourth-order valence-corrected chi connectivity index (χ4v) is 3.75. The first-order chi connectivity index (χ1) is 9.05. The van der Waals surface area contributed by atoms with Gasteiger partial charge >= 0.3 is 0 Å². The third-order valence-electron chi connectivity index (χ3n) is 3.00. The number of hydrogen-bond donors (Lipinski definition) is 1. The molecule has 1 saturated heterocycles. The fourth-order valence-electron chi connectivity index (χ4n) is 1.96. The van der Waals surface area contributed by atoms with E-state index in [1.807, 2.05) is 6.07 Å². The Morgan fingerprint density at radius 2 is 2.11 bits per heavy atom.